The van der Waals surface area contributed by atoms with Gasteiger partial charge in [0.1, 0.15) is 0 Å². The number of nitrogens with two attached hydrogens (primary N) is 1. The van der Waals surface area contributed by atoms with Gasteiger partial charge in [-0.15, -0.1) is 24.8 Å². The van der Waals surface area contributed by atoms with E-state index in [1.807, 2.05) is 12.3 Å². The molecule has 0 aliphatic rings. The summed E-state index contributed by atoms with van der Waals surface area (Å²) in [7, 11) is 0. The fraction of sp³-hybridized carbons (Fsp3) is 0.804. The number of hydrogen-bond donors (Lipinski definition) is 4. The monoisotopic (exact) mass is 813 g/mol. The van der Waals surface area contributed by atoms with Gasteiger partial charge in [0.05, 0.1) is 18.8 Å². The van der Waals surface area contributed by atoms with Crippen molar-refractivity contribution in [1.82, 2.24) is 15.6 Å². The quantitative estimate of drug-likeness (QED) is 0.0504. The van der Waals surface area contributed by atoms with Crippen molar-refractivity contribution in [3.05, 3.63) is 36.0 Å². The van der Waals surface area contributed by atoms with Crippen molar-refractivity contribution in [3.63, 3.8) is 0 Å². The van der Waals surface area contributed by atoms with Gasteiger partial charge in [0.15, 0.2) is 0 Å². The number of halogens is 2. The van der Waals surface area contributed by atoms with Gasteiger partial charge in [-0.3, -0.25) is 4.79 Å². The number of nitrogens with one attached hydrogen (secondary N) is 3. The van der Waals surface area contributed by atoms with Crippen LogP contribution >= 0.6 is 24.8 Å². The lowest BCUT2D eigenvalue weighted by Crippen LogP contribution is -2.47. The summed E-state index contributed by atoms with van der Waals surface area (Å²) in [5.41, 5.74) is 8.08. The first kappa shape index (κ1) is 53.6. The van der Waals surface area contributed by atoms with E-state index in [1.54, 1.807) is 0 Å². The van der Waals surface area contributed by atoms with Crippen LogP contribution in [-0.4, -0.2) is 55.9 Å². The van der Waals surface area contributed by atoms with Gasteiger partial charge >= 0.3 is 0 Å². The molecule has 55 heavy (non-hydrogen) atoms. The van der Waals surface area contributed by atoms with E-state index in [9.17, 15) is 4.79 Å². The highest BCUT2D eigenvalue weighted by atomic mass is 35.5. The van der Waals surface area contributed by atoms with Crippen LogP contribution in [0, 0.1) is 0 Å². The maximum atomic E-state index is 13.5. The second-order valence-corrected chi connectivity index (χ2v) is 15.7. The Labute approximate surface area is 350 Å². The largest absolute Gasteiger partial charge is 0.379 e. The zero-order valence-corrected chi connectivity index (χ0v) is 37.1. The van der Waals surface area contributed by atoms with E-state index in [1.165, 1.54) is 152 Å². The predicted octanol–water partition coefficient (Wildman–Crippen LogP) is 12.5. The van der Waals surface area contributed by atoms with Crippen LogP contribution in [-0.2, 0) is 20.8 Å². The summed E-state index contributed by atoms with van der Waals surface area (Å²) in [5, 5.41) is 7.97. The first-order valence-electron chi connectivity index (χ1n) is 22.6. The highest BCUT2D eigenvalue weighted by Gasteiger charge is 2.20. The Morgan fingerprint density at radius 1 is 0.673 bits per heavy atom. The van der Waals surface area contributed by atoms with Crippen molar-refractivity contribution in [2.24, 2.45) is 5.73 Å². The zero-order chi connectivity index (χ0) is 37.9. The number of para-hydroxylation sites is 1. The lowest BCUT2D eigenvalue weighted by molar-refractivity contribution is -0.124. The Balaban J connectivity index is 0.0000146. The van der Waals surface area contributed by atoms with E-state index in [0.29, 0.717) is 26.2 Å². The summed E-state index contributed by atoms with van der Waals surface area (Å²) < 4.78 is 12.5. The van der Waals surface area contributed by atoms with Crippen LogP contribution in [0.15, 0.2) is 30.5 Å². The first-order valence-corrected chi connectivity index (χ1v) is 22.6. The first-order chi connectivity index (χ1) is 26.2. The molecule has 322 valence electrons. The molecular weight excluding hydrogens is 727 g/mol. The SMILES string of the molecule is CCCCCCCCCCCCCCOCC(CNC(=O)[C@H](CCCCN)NCc1c[nH]c2ccccc12)OCCCCCCCCCCCCCC.Cl.Cl. The molecule has 0 saturated heterocycles. The van der Waals surface area contributed by atoms with Gasteiger partial charge in [-0.2, -0.15) is 0 Å². The standard InChI is InChI=1S/C46H84N4O3.2ClH/c1-3-5-7-9-11-13-15-17-19-21-23-29-35-52-40-42(53-36-30-24-22-20-18-16-14-12-10-8-6-4-2)39-50-46(51)45(33-27-28-34-47)49-38-41-37-48-44-32-26-25-31-43(41)44;;/h25-26,31-32,37,42,45,48-49H,3-24,27-30,33-36,38-40,47H2,1-2H3,(H,50,51);2*1H/t42?,45-;;/m0../s1. The van der Waals surface area contributed by atoms with Crippen molar-refractivity contribution in [3.8, 4) is 0 Å². The van der Waals surface area contributed by atoms with E-state index in [0.717, 1.165) is 50.8 Å². The van der Waals surface area contributed by atoms with Gasteiger partial charge < -0.3 is 30.8 Å². The molecule has 0 saturated carbocycles. The lowest BCUT2D eigenvalue weighted by atomic mass is 10.1. The second kappa shape index (κ2) is 39.5. The molecule has 1 unspecified atom stereocenters. The molecule has 1 aromatic heterocycles. The molecule has 2 rings (SSSR count). The van der Waals surface area contributed by atoms with Crippen molar-refractivity contribution in [2.75, 3.05) is 32.9 Å². The van der Waals surface area contributed by atoms with Crippen LogP contribution < -0.4 is 16.4 Å². The van der Waals surface area contributed by atoms with Crippen molar-refractivity contribution in [1.29, 1.82) is 0 Å². The summed E-state index contributed by atoms with van der Waals surface area (Å²) in [4.78, 5) is 16.9. The van der Waals surface area contributed by atoms with Crippen LogP contribution in [0.4, 0.5) is 0 Å². The summed E-state index contributed by atoms with van der Waals surface area (Å²) in [6, 6.07) is 8.03. The molecule has 7 nitrogen and oxygen atoms in total. The lowest BCUT2D eigenvalue weighted by Gasteiger charge is -2.22. The van der Waals surface area contributed by atoms with Crippen molar-refractivity contribution >= 4 is 41.6 Å². The Hall–Kier alpha value is -1.35. The highest BCUT2D eigenvalue weighted by Crippen LogP contribution is 2.18. The Morgan fingerprint density at radius 3 is 1.73 bits per heavy atom. The van der Waals surface area contributed by atoms with Crippen LogP contribution in [0.5, 0.6) is 0 Å². The fourth-order valence-electron chi connectivity index (χ4n) is 7.29. The fourth-order valence-corrected chi connectivity index (χ4v) is 7.29. The molecule has 2 atom stereocenters. The maximum Gasteiger partial charge on any atom is 0.237 e. The Kier molecular flexibility index (Phi) is 38.5. The molecule has 0 fully saturated rings. The number of benzene rings is 1. The van der Waals surface area contributed by atoms with E-state index in [4.69, 9.17) is 15.2 Å². The number of unbranched alkanes of at least 4 members (excludes halogenated alkanes) is 23. The Morgan fingerprint density at radius 2 is 1.18 bits per heavy atom. The Bertz CT molecular complexity index is 1100. The molecule has 0 aliphatic heterocycles. The molecule has 1 amide bonds. The number of H-pyrrole nitrogens is 1. The molecule has 9 heteroatoms. The smallest absolute Gasteiger partial charge is 0.237 e. The summed E-state index contributed by atoms with van der Waals surface area (Å²) in [6.07, 6.45) is 36.5. The van der Waals surface area contributed by atoms with Gasteiger partial charge in [0, 0.05) is 43.4 Å². The van der Waals surface area contributed by atoms with E-state index in [2.05, 4.69) is 47.7 Å². The minimum Gasteiger partial charge on any atom is -0.379 e. The predicted molar refractivity (Wildman–Crippen MR) is 242 cm³/mol. The van der Waals surface area contributed by atoms with Gasteiger partial charge in [0.25, 0.3) is 0 Å². The number of carbonyl (C=O) groups excluding carboxylic acids is 1. The average Bonchev–Trinajstić information content (AvgIpc) is 3.59. The number of amides is 1. The number of aromatic nitrogens is 1. The van der Waals surface area contributed by atoms with Crippen molar-refractivity contribution in [2.45, 2.75) is 206 Å². The van der Waals surface area contributed by atoms with E-state index >= 15 is 0 Å². The normalized spacial score (nSPS) is 12.3. The minimum absolute atomic E-state index is 0. The number of hydrogen-bond acceptors (Lipinski definition) is 5. The molecule has 0 radical (unpaired) electrons. The maximum absolute atomic E-state index is 13.5. The third-order valence-electron chi connectivity index (χ3n) is 10.8. The van der Waals surface area contributed by atoms with Gasteiger partial charge in [-0.05, 0) is 43.9 Å². The molecule has 2 aromatic rings. The summed E-state index contributed by atoms with van der Waals surface area (Å²) >= 11 is 0. The zero-order valence-electron chi connectivity index (χ0n) is 35.5. The van der Waals surface area contributed by atoms with Gasteiger partial charge in [-0.1, -0.05) is 180 Å². The molecule has 1 heterocycles. The van der Waals surface area contributed by atoms with Crippen molar-refractivity contribution < 1.29 is 14.3 Å². The highest BCUT2D eigenvalue weighted by molar-refractivity contribution is 5.86. The third-order valence-corrected chi connectivity index (χ3v) is 10.8. The second-order valence-electron chi connectivity index (χ2n) is 15.7. The van der Waals surface area contributed by atoms with Crippen LogP contribution in [0.25, 0.3) is 10.9 Å². The number of carbonyl (C=O) groups is 1. The average molecular weight is 814 g/mol. The number of fused-ring (bicyclic) bond motifs is 1. The molecular formula is C46H86Cl2N4O3. The third kappa shape index (κ3) is 28.7. The number of aromatic amines is 1. The summed E-state index contributed by atoms with van der Waals surface area (Å²) in [5.74, 6) is 0.0294. The van der Waals surface area contributed by atoms with E-state index < -0.39 is 0 Å². The number of ether oxygens (including phenoxy) is 2. The topological polar surface area (TPSA) is 101 Å². The van der Waals surface area contributed by atoms with Crippen LogP contribution in [0.1, 0.15) is 193 Å². The number of rotatable bonds is 39. The molecule has 0 spiro atoms. The van der Waals surface area contributed by atoms with Gasteiger partial charge in [-0.25, -0.2) is 0 Å². The van der Waals surface area contributed by atoms with E-state index in [-0.39, 0.29) is 42.9 Å². The summed E-state index contributed by atoms with van der Waals surface area (Å²) in [6.45, 7) is 8.32. The molecule has 5 N–H and O–H groups in total. The molecule has 1 aromatic carbocycles. The minimum atomic E-state index is -0.283. The molecule has 0 aliphatic carbocycles. The van der Waals surface area contributed by atoms with Gasteiger partial charge in [0.2, 0.25) is 5.91 Å². The van der Waals surface area contributed by atoms with Crippen LogP contribution in [0.3, 0.4) is 0 Å². The molecule has 0 bridgehead atoms. The van der Waals surface area contributed by atoms with Crippen LogP contribution in [0.2, 0.25) is 0 Å².